The van der Waals surface area contributed by atoms with Crippen LogP contribution in [0.15, 0.2) is 90.6 Å². The minimum absolute atomic E-state index is 0.0498. The zero-order valence-electron chi connectivity index (χ0n) is 17.5. The van der Waals surface area contributed by atoms with Crippen molar-refractivity contribution in [1.82, 2.24) is 19.9 Å². The Morgan fingerprint density at radius 3 is 2.52 bits per heavy atom. The van der Waals surface area contributed by atoms with Crippen LogP contribution < -0.4 is 5.32 Å². The molecule has 0 aliphatic heterocycles. The van der Waals surface area contributed by atoms with Crippen LogP contribution in [0.3, 0.4) is 0 Å². The standard InChI is InChI=1S/C25H24N4OS/c1-18-8-9-19(2)22(16-18)29-15-14-27-25(29)31-17-23(30)28-24(20-6-4-3-5-7-20)21-10-12-26-13-11-21/h3-16,24H,17H2,1-2H3,(H,28,30). The van der Waals surface area contributed by atoms with E-state index in [2.05, 4.69) is 47.3 Å². The highest BCUT2D eigenvalue weighted by Crippen LogP contribution is 2.25. The van der Waals surface area contributed by atoms with Crippen LogP contribution in [-0.4, -0.2) is 26.2 Å². The molecule has 6 heteroatoms. The summed E-state index contributed by atoms with van der Waals surface area (Å²) >= 11 is 1.43. The van der Waals surface area contributed by atoms with Crippen molar-refractivity contribution >= 4 is 17.7 Å². The van der Waals surface area contributed by atoms with E-state index in [1.54, 1.807) is 18.6 Å². The summed E-state index contributed by atoms with van der Waals surface area (Å²) in [6.45, 7) is 4.15. The van der Waals surface area contributed by atoms with Crippen LogP contribution >= 0.6 is 11.8 Å². The summed E-state index contributed by atoms with van der Waals surface area (Å²) in [7, 11) is 0. The van der Waals surface area contributed by atoms with E-state index in [0.29, 0.717) is 0 Å². The zero-order chi connectivity index (χ0) is 21.6. The van der Waals surface area contributed by atoms with Crippen molar-refractivity contribution < 1.29 is 4.79 Å². The molecule has 2 aromatic heterocycles. The molecule has 4 aromatic rings. The molecule has 0 saturated heterocycles. The third-order valence-corrected chi connectivity index (χ3v) is 6.01. The van der Waals surface area contributed by atoms with Crippen LogP contribution in [0.5, 0.6) is 0 Å². The first kappa shape index (κ1) is 20.9. The zero-order valence-corrected chi connectivity index (χ0v) is 18.3. The highest BCUT2D eigenvalue weighted by molar-refractivity contribution is 7.99. The fraction of sp³-hybridized carbons (Fsp3) is 0.160. The minimum Gasteiger partial charge on any atom is -0.344 e. The molecule has 0 aliphatic rings. The molecule has 31 heavy (non-hydrogen) atoms. The van der Waals surface area contributed by atoms with Gasteiger partial charge in [-0.3, -0.25) is 14.3 Å². The van der Waals surface area contributed by atoms with Gasteiger partial charge in [0.25, 0.3) is 0 Å². The van der Waals surface area contributed by atoms with Gasteiger partial charge in [-0.25, -0.2) is 4.98 Å². The molecule has 2 aromatic carbocycles. The number of aryl methyl sites for hydroxylation is 2. The average Bonchev–Trinajstić information content (AvgIpc) is 3.27. The summed E-state index contributed by atoms with van der Waals surface area (Å²) in [5.41, 5.74) is 5.46. The predicted octanol–water partition coefficient (Wildman–Crippen LogP) is 4.88. The van der Waals surface area contributed by atoms with E-state index in [-0.39, 0.29) is 17.7 Å². The molecule has 4 rings (SSSR count). The van der Waals surface area contributed by atoms with Crippen molar-refractivity contribution in [3.05, 3.63) is 108 Å². The topological polar surface area (TPSA) is 59.8 Å². The van der Waals surface area contributed by atoms with Crippen LogP contribution in [-0.2, 0) is 4.79 Å². The molecule has 0 bridgehead atoms. The summed E-state index contributed by atoms with van der Waals surface area (Å²) < 4.78 is 2.04. The molecule has 1 amide bonds. The molecule has 1 unspecified atom stereocenters. The van der Waals surface area contributed by atoms with Crippen molar-refractivity contribution in [1.29, 1.82) is 0 Å². The predicted molar refractivity (Wildman–Crippen MR) is 124 cm³/mol. The number of rotatable bonds is 7. The van der Waals surface area contributed by atoms with E-state index in [1.807, 2.05) is 53.2 Å². The number of pyridine rings is 1. The summed E-state index contributed by atoms with van der Waals surface area (Å²) in [6, 6.07) is 19.9. The minimum atomic E-state index is -0.226. The van der Waals surface area contributed by atoms with E-state index in [9.17, 15) is 4.79 Å². The number of hydrogen-bond donors (Lipinski definition) is 1. The van der Waals surface area contributed by atoms with Crippen LogP contribution in [0.25, 0.3) is 5.69 Å². The second-order valence-corrected chi connectivity index (χ2v) is 8.29. The monoisotopic (exact) mass is 428 g/mol. The van der Waals surface area contributed by atoms with Gasteiger partial charge >= 0.3 is 0 Å². The molecule has 1 atom stereocenters. The molecule has 156 valence electrons. The molecular weight excluding hydrogens is 404 g/mol. The van der Waals surface area contributed by atoms with Gasteiger partial charge in [-0.1, -0.05) is 54.2 Å². The molecule has 0 aliphatic carbocycles. The summed E-state index contributed by atoms with van der Waals surface area (Å²) in [5, 5.41) is 3.96. The largest absolute Gasteiger partial charge is 0.344 e. The number of imidazole rings is 1. The first-order valence-corrected chi connectivity index (χ1v) is 11.1. The summed E-state index contributed by atoms with van der Waals surface area (Å²) in [5.74, 6) is 0.224. The summed E-state index contributed by atoms with van der Waals surface area (Å²) in [6.07, 6.45) is 7.19. The number of carbonyl (C=O) groups excluding carboxylic acids is 1. The van der Waals surface area contributed by atoms with E-state index in [0.717, 1.165) is 27.5 Å². The normalized spacial score (nSPS) is 11.8. The Morgan fingerprint density at radius 1 is 1.00 bits per heavy atom. The number of nitrogens with one attached hydrogen (secondary N) is 1. The number of thioether (sulfide) groups is 1. The van der Waals surface area contributed by atoms with Crippen LogP contribution in [0.2, 0.25) is 0 Å². The van der Waals surface area contributed by atoms with Gasteiger partial charge in [-0.05, 0) is 54.3 Å². The second kappa shape index (κ2) is 9.62. The van der Waals surface area contributed by atoms with Gasteiger partial charge in [0.1, 0.15) is 0 Å². The van der Waals surface area contributed by atoms with Crippen molar-refractivity contribution in [2.24, 2.45) is 0 Å². The maximum absolute atomic E-state index is 12.9. The van der Waals surface area contributed by atoms with Gasteiger partial charge in [0.2, 0.25) is 5.91 Å². The number of aromatic nitrogens is 3. The van der Waals surface area contributed by atoms with Crippen molar-refractivity contribution in [2.45, 2.75) is 25.0 Å². The average molecular weight is 429 g/mol. The number of benzene rings is 2. The Hall–Kier alpha value is -3.38. The van der Waals surface area contributed by atoms with E-state index in [4.69, 9.17) is 0 Å². The van der Waals surface area contributed by atoms with Crippen LogP contribution in [0.1, 0.15) is 28.3 Å². The Morgan fingerprint density at radius 2 is 1.74 bits per heavy atom. The van der Waals surface area contributed by atoms with Gasteiger partial charge in [0.05, 0.1) is 17.5 Å². The molecule has 0 radical (unpaired) electrons. The van der Waals surface area contributed by atoms with Crippen molar-refractivity contribution in [3.63, 3.8) is 0 Å². The third-order valence-electron chi connectivity index (χ3n) is 5.04. The number of amides is 1. The van der Waals surface area contributed by atoms with Gasteiger partial charge in [-0.2, -0.15) is 0 Å². The molecule has 5 nitrogen and oxygen atoms in total. The highest BCUT2D eigenvalue weighted by atomic mass is 32.2. The van der Waals surface area contributed by atoms with Gasteiger partial charge in [-0.15, -0.1) is 0 Å². The quantitative estimate of drug-likeness (QED) is 0.426. The maximum Gasteiger partial charge on any atom is 0.231 e. The number of carbonyl (C=O) groups is 1. The molecule has 0 fully saturated rings. The van der Waals surface area contributed by atoms with Gasteiger partial charge in [0, 0.05) is 24.8 Å². The Labute approximate surface area is 186 Å². The third kappa shape index (κ3) is 5.03. The lowest BCUT2D eigenvalue weighted by Crippen LogP contribution is -2.30. The molecule has 0 spiro atoms. The molecular formula is C25H24N4OS. The van der Waals surface area contributed by atoms with Crippen molar-refractivity contribution in [2.75, 3.05) is 5.75 Å². The lowest BCUT2D eigenvalue weighted by molar-refractivity contribution is -0.119. The lowest BCUT2D eigenvalue weighted by atomic mass is 10.00. The van der Waals surface area contributed by atoms with Gasteiger partial charge in [0.15, 0.2) is 5.16 Å². The first-order valence-electron chi connectivity index (χ1n) is 10.1. The summed E-state index contributed by atoms with van der Waals surface area (Å²) in [4.78, 5) is 21.4. The highest BCUT2D eigenvalue weighted by Gasteiger charge is 2.18. The molecule has 1 N–H and O–H groups in total. The molecule has 0 saturated carbocycles. The number of hydrogen-bond acceptors (Lipinski definition) is 4. The molecule has 2 heterocycles. The van der Waals surface area contributed by atoms with Gasteiger partial charge < -0.3 is 5.32 Å². The fourth-order valence-corrected chi connectivity index (χ4v) is 4.23. The Bertz CT molecular complexity index is 1120. The Balaban J connectivity index is 1.49. The second-order valence-electron chi connectivity index (χ2n) is 7.35. The fourth-order valence-electron chi connectivity index (χ4n) is 3.45. The first-order chi connectivity index (χ1) is 15.1. The van der Waals surface area contributed by atoms with Crippen LogP contribution in [0.4, 0.5) is 0 Å². The van der Waals surface area contributed by atoms with E-state index >= 15 is 0 Å². The number of nitrogens with zero attached hydrogens (tertiary/aromatic N) is 3. The maximum atomic E-state index is 12.9. The SMILES string of the molecule is Cc1ccc(C)c(-n2ccnc2SCC(=O)NC(c2ccccc2)c2ccncc2)c1. The van der Waals surface area contributed by atoms with Crippen LogP contribution in [0, 0.1) is 13.8 Å². The lowest BCUT2D eigenvalue weighted by Gasteiger charge is -2.19. The van der Waals surface area contributed by atoms with E-state index in [1.165, 1.54) is 17.3 Å². The van der Waals surface area contributed by atoms with Crippen molar-refractivity contribution in [3.8, 4) is 5.69 Å². The smallest absolute Gasteiger partial charge is 0.231 e. The Kier molecular flexibility index (Phi) is 6.48. The van der Waals surface area contributed by atoms with E-state index < -0.39 is 0 Å².